The number of carbonyl (C=O) groups excluding carboxylic acids is 3. The highest BCUT2D eigenvalue weighted by Crippen LogP contribution is 2.42. The number of rotatable bonds is 7. The number of amides is 2. The van der Waals surface area contributed by atoms with Crippen molar-refractivity contribution in [1.82, 2.24) is 4.90 Å². The van der Waals surface area contributed by atoms with E-state index < -0.39 is 48.0 Å². The summed E-state index contributed by atoms with van der Waals surface area (Å²) in [6.07, 6.45) is -2.55. The number of para-hydroxylation sites is 2. The summed E-state index contributed by atoms with van der Waals surface area (Å²) in [6, 6.07) is 14.0. The maximum atomic E-state index is 13.6. The molecule has 10 nitrogen and oxygen atoms in total. The van der Waals surface area contributed by atoms with E-state index >= 15 is 0 Å². The van der Waals surface area contributed by atoms with Crippen LogP contribution in [0.5, 0.6) is 0 Å². The van der Waals surface area contributed by atoms with Gasteiger partial charge in [0.25, 0.3) is 0 Å². The van der Waals surface area contributed by atoms with E-state index in [4.69, 9.17) is 24.7 Å². The molecule has 2 aliphatic heterocycles. The van der Waals surface area contributed by atoms with Crippen molar-refractivity contribution in [2.75, 3.05) is 17.7 Å². The third kappa shape index (κ3) is 5.44. The van der Waals surface area contributed by atoms with Gasteiger partial charge in [0.15, 0.2) is 5.79 Å². The number of ether oxygens (including phenoxy) is 4. The van der Waals surface area contributed by atoms with E-state index in [1.807, 2.05) is 30.3 Å². The van der Waals surface area contributed by atoms with Gasteiger partial charge in [-0.1, -0.05) is 42.5 Å². The van der Waals surface area contributed by atoms with Crippen molar-refractivity contribution >= 4 is 29.3 Å². The van der Waals surface area contributed by atoms with E-state index in [9.17, 15) is 14.4 Å². The molecule has 10 heteroatoms. The van der Waals surface area contributed by atoms with E-state index in [1.165, 1.54) is 4.90 Å². The average molecular weight is 498 g/mol. The molecule has 2 heterocycles. The number of nitrogens with zero attached hydrogens (tertiary/aromatic N) is 1. The number of anilines is 2. The Morgan fingerprint density at radius 3 is 2.36 bits per heavy atom. The summed E-state index contributed by atoms with van der Waals surface area (Å²) in [6.45, 7) is 5.30. The summed E-state index contributed by atoms with van der Waals surface area (Å²) >= 11 is 0. The molecule has 3 N–H and O–H groups in total. The van der Waals surface area contributed by atoms with Crippen LogP contribution < -0.4 is 11.1 Å². The van der Waals surface area contributed by atoms with Crippen molar-refractivity contribution < 1.29 is 33.3 Å². The predicted molar refractivity (Wildman–Crippen MR) is 131 cm³/mol. The Morgan fingerprint density at radius 1 is 1.00 bits per heavy atom. The van der Waals surface area contributed by atoms with Gasteiger partial charge in [0.05, 0.1) is 30.4 Å². The van der Waals surface area contributed by atoms with Crippen LogP contribution in [0.4, 0.5) is 16.2 Å². The molecule has 0 aromatic heterocycles. The zero-order valence-corrected chi connectivity index (χ0v) is 20.5. The average Bonchev–Trinajstić information content (AvgIpc) is 3.30. The number of esters is 1. The Labute approximate surface area is 209 Å². The molecular weight excluding hydrogens is 466 g/mol. The van der Waals surface area contributed by atoms with Crippen molar-refractivity contribution in [3.05, 3.63) is 60.2 Å². The van der Waals surface area contributed by atoms with Gasteiger partial charge in [0.2, 0.25) is 5.91 Å². The van der Waals surface area contributed by atoms with Gasteiger partial charge in [-0.3, -0.25) is 14.5 Å². The molecular formula is C26H31N3O7. The Bertz CT molecular complexity index is 1110. The highest BCUT2D eigenvalue weighted by Gasteiger charge is 2.62. The van der Waals surface area contributed by atoms with Gasteiger partial charge in [0, 0.05) is 0 Å². The first kappa shape index (κ1) is 25.5. The predicted octanol–water partition coefficient (Wildman–Crippen LogP) is 3.07. The van der Waals surface area contributed by atoms with E-state index in [0.29, 0.717) is 11.4 Å². The number of carbonyl (C=O) groups is 3. The SMILES string of the molecule is CCOC(=O)C[C@H]1[C@H]2OC(C)(C)O[C@H]2[C@H](C(=O)Nc2ccccc2N)N1C(=O)OCc1ccccc1. The van der Waals surface area contributed by atoms with E-state index in [-0.39, 0.29) is 19.6 Å². The van der Waals surface area contributed by atoms with E-state index in [0.717, 1.165) is 5.56 Å². The summed E-state index contributed by atoms with van der Waals surface area (Å²) in [5, 5.41) is 2.78. The number of likely N-dealkylation sites (tertiary alicyclic amines) is 1. The largest absolute Gasteiger partial charge is 0.466 e. The third-order valence-electron chi connectivity index (χ3n) is 6.10. The summed E-state index contributed by atoms with van der Waals surface area (Å²) < 4.78 is 22.9. The lowest BCUT2D eigenvalue weighted by molar-refractivity contribution is -0.170. The van der Waals surface area contributed by atoms with Gasteiger partial charge >= 0.3 is 12.1 Å². The van der Waals surface area contributed by atoms with Crippen LogP contribution in [-0.2, 0) is 35.1 Å². The van der Waals surface area contributed by atoms with Crippen molar-refractivity contribution in [2.45, 2.75) is 63.9 Å². The minimum Gasteiger partial charge on any atom is -0.466 e. The maximum absolute atomic E-state index is 13.6. The van der Waals surface area contributed by atoms with Crippen LogP contribution in [0, 0.1) is 0 Å². The van der Waals surface area contributed by atoms with Crippen molar-refractivity contribution in [3.63, 3.8) is 0 Å². The molecule has 2 aromatic carbocycles. The molecule has 192 valence electrons. The van der Waals surface area contributed by atoms with Crippen LogP contribution in [0.1, 0.15) is 32.8 Å². The van der Waals surface area contributed by atoms with E-state index in [2.05, 4.69) is 5.32 Å². The van der Waals surface area contributed by atoms with Crippen molar-refractivity contribution in [3.8, 4) is 0 Å². The second-order valence-electron chi connectivity index (χ2n) is 9.11. The molecule has 2 aromatic rings. The van der Waals surface area contributed by atoms with E-state index in [1.54, 1.807) is 45.0 Å². The highest BCUT2D eigenvalue weighted by molar-refractivity contribution is 6.00. The number of benzene rings is 2. The Kier molecular flexibility index (Phi) is 7.46. The second-order valence-corrected chi connectivity index (χ2v) is 9.11. The number of nitrogens with two attached hydrogens (primary N) is 1. The highest BCUT2D eigenvalue weighted by atomic mass is 16.8. The second kappa shape index (κ2) is 10.5. The lowest BCUT2D eigenvalue weighted by atomic mass is 10.1. The van der Waals surface area contributed by atoms with Crippen LogP contribution in [0.25, 0.3) is 0 Å². The molecule has 0 bridgehead atoms. The molecule has 0 saturated carbocycles. The topological polar surface area (TPSA) is 129 Å². The standard InChI is InChI=1S/C26H31N3O7/c1-4-33-20(30)14-19-22-23(36-26(2,3)35-22)21(24(31)28-18-13-9-8-12-17(18)27)29(19)25(32)34-15-16-10-6-5-7-11-16/h5-13,19,21-23H,4,14-15,27H2,1-3H3,(H,28,31)/t19-,21+,22+,23-/m0/s1. The lowest BCUT2D eigenvalue weighted by Crippen LogP contribution is -2.52. The minimum absolute atomic E-state index is 0.00911. The first-order chi connectivity index (χ1) is 17.2. The first-order valence-corrected chi connectivity index (χ1v) is 11.9. The zero-order valence-electron chi connectivity index (χ0n) is 20.5. The van der Waals surface area contributed by atoms with Crippen LogP contribution in [-0.4, -0.2) is 59.6 Å². The molecule has 0 radical (unpaired) electrons. The lowest BCUT2D eigenvalue weighted by Gasteiger charge is -2.32. The molecule has 2 aliphatic rings. The van der Waals surface area contributed by atoms with Gasteiger partial charge in [0.1, 0.15) is 24.9 Å². The van der Waals surface area contributed by atoms with Gasteiger partial charge in [-0.2, -0.15) is 0 Å². The smallest absolute Gasteiger partial charge is 0.411 e. The molecule has 36 heavy (non-hydrogen) atoms. The van der Waals surface area contributed by atoms with Crippen molar-refractivity contribution in [1.29, 1.82) is 0 Å². The molecule has 0 spiro atoms. The summed E-state index contributed by atoms with van der Waals surface area (Å²) in [7, 11) is 0. The van der Waals surface area contributed by atoms with Gasteiger partial charge in [-0.05, 0) is 38.5 Å². The monoisotopic (exact) mass is 497 g/mol. The van der Waals surface area contributed by atoms with Gasteiger partial charge in [-0.15, -0.1) is 0 Å². The number of nitrogens with one attached hydrogen (secondary N) is 1. The summed E-state index contributed by atoms with van der Waals surface area (Å²) in [4.78, 5) is 40.8. The summed E-state index contributed by atoms with van der Waals surface area (Å²) in [5.41, 5.74) is 7.55. The summed E-state index contributed by atoms with van der Waals surface area (Å²) in [5.74, 6) is -2.08. The molecule has 2 amide bonds. The number of fused-ring (bicyclic) bond motifs is 1. The fourth-order valence-electron chi connectivity index (χ4n) is 4.62. The molecule has 2 fully saturated rings. The maximum Gasteiger partial charge on any atom is 0.411 e. The number of hydrogen-bond acceptors (Lipinski definition) is 8. The molecule has 0 aliphatic carbocycles. The quantitative estimate of drug-likeness (QED) is 0.441. The van der Waals surface area contributed by atoms with Gasteiger partial charge < -0.3 is 30.0 Å². The van der Waals surface area contributed by atoms with Crippen LogP contribution in [0.3, 0.4) is 0 Å². The Hall–Kier alpha value is -3.63. The fourth-order valence-corrected chi connectivity index (χ4v) is 4.62. The van der Waals surface area contributed by atoms with Crippen LogP contribution in [0.2, 0.25) is 0 Å². The molecule has 0 unspecified atom stereocenters. The molecule has 2 saturated heterocycles. The zero-order chi connectivity index (χ0) is 25.9. The Morgan fingerprint density at radius 2 is 1.67 bits per heavy atom. The Balaban J connectivity index is 1.65. The molecule has 4 rings (SSSR count). The minimum atomic E-state index is -1.14. The fraction of sp³-hybridized carbons (Fsp3) is 0.423. The molecule has 4 atom stereocenters. The number of nitrogen functional groups attached to an aromatic ring is 1. The van der Waals surface area contributed by atoms with Crippen molar-refractivity contribution in [2.24, 2.45) is 0 Å². The number of hydrogen-bond donors (Lipinski definition) is 2. The normalized spacial score (nSPS) is 24.1. The van der Waals surface area contributed by atoms with Crippen LogP contribution in [0.15, 0.2) is 54.6 Å². The first-order valence-electron chi connectivity index (χ1n) is 11.9. The van der Waals surface area contributed by atoms with Gasteiger partial charge in [-0.25, -0.2) is 4.79 Å². The third-order valence-corrected chi connectivity index (χ3v) is 6.10. The van der Waals surface area contributed by atoms with Crippen LogP contribution >= 0.6 is 0 Å².